The number of carbonyl (C=O) groups is 6. The van der Waals surface area contributed by atoms with Crippen LogP contribution >= 0.6 is 0 Å². The number of amides is 3. The summed E-state index contributed by atoms with van der Waals surface area (Å²) < 4.78 is 79.0. The zero-order valence-electron chi connectivity index (χ0n) is 63.7. The average molecular weight is 1470 g/mol. The van der Waals surface area contributed by atoms with E-state index in [1.165, 1.54) is 42.7 Å². The maximum absolute atomic E-state index is 14.4. The van der Waals surface area contributed by atoms with E-state index in [4.69, 9.17) is 71.4 Å². The van der Waals surface area contributed by atoms with Crippen molar-refractivity contribution < 1.29 is 100 Å². The Balaban J connectivity index is 0.000000298. The number of esters is 2. The molecule has 2 fully saturated rings. The maximum atomic E-state index is 14.4. The topological polar surface area (TPSA) is 274 Å². The van der Waals surface area contributed by atoms with E-state index in [2.05, 4.69) is 10.2 Å². The number of nitrogens with one attached hydrogen (secondary N) is 1. The van der Waals surface area contributed by atoms with Gasteiger partial charge >= 0.3 is 17.9 Å². The van der Waals surface area contributed by atoms with E-state index in [9.17, 15) is 28.8 Å². The third kappa shape index (κ3) is 22.6. The van der Waals surface area contributed by atoms with Gasteiger partial charge in [-0.25, -0.2) is 14.4 Å². The number of benzene rings is 6. The molecule has 2 aliphatic heterocycles. The molecule has 2 saturated heterocycles. The summed E-state index contributed by atoms with van der Waals surface area (Å²) in [6, 6.07) is 31.0. The largest absolute Gasteiger partial charge is 0.493 e. The van der Waals surface area contributed by atoms with Gasteiger partial charge in [0, 0.05) is 19.6 Å². The SMILES string of the molecule is CC[C@H](C(=O)N1CCCCC1C(=O)O[C@H](CCc1ccc(OC)c(OC)c1)c1cccc(OCC(=O)NCCCN(C)C)c1)c1cc(OC)c(OC)c(OC)c1.CC[C@H](C(=O)N1CCCCC1C(=O)O[C@H](CCc1ccc(OC)c(OC)c1)c1cccc(OCC(=O)O)c1)c1cc(OC)c(OC)c(OC)c1. The summed E-state index contributed by atoms with van der Waals surface area (Å²) >= 11 is 0. The molecule has 8 rings (SSSR count). The Kier molecular flexibility index (Phi) is 32.9. The molecule has 106 heavy (non-hydrogen) atoms. The first-order valence-electron chi connectivity index (χ1n) is 35.9. The number of ether oxygens (including phenoxy) is 14. The third-order valence-electron chi connectivity index (χ3n) is 18.8. The minimum atomic E-state index is -1.11. The van der Waals surface area contributed by atoms with Crippen LogP contribution in [0, 0.1) is 0 Å². The van der Waals surface area contributed by atoms with Crippen LogP contribution in [0.5, 0.6) is 69.0 Å². The number of rotatable bonds is 38. The van der Waals surface area contributed by atoms with Gasteiger partial charge in [0.1, 0.15) is 35.8 Å². The van der Waals surface area contributed by atoms with Gasteiger partial charge in [0.25, 0.3) is 5.91 Å². The number of carbonyl (C=O) groups excluding carboxylic acids is 5. The van der Waals surface area contributed by atoms with Gasteiger partial charge in [-0.1, -0.05) is 50.2 Å². The molecule has 2 aliphatic rings. The molecule has 6 aromatic carbocycles. The van der Waals surface area contributed by atoms with Crippen LogP contribution in [0.3, 0.4) is 0 Å². The lowest BCUT2D eigenvalue weighted by molar-refractivity contribution is -0.162. The predicted octanol–water partition coefficient (Wildman–Crippen LogP) is 12.0. The fourth-order valence-corrected chi connectivity index (χ4v) is 13.3. The lowest BCUT2D eigenvalue weighted by Gasteiger charge is -2.37. The summed E-state index contributed by atoms with van der Waals surface area (Å²) in [5.74, 6) is 2.07. The molecule has 2 N–H and O–H groups in total. The van der Waals surface area contributed by atoms with Crippen LogP contribution in [0.25, 0.3) is 0 Å². The highest BCUT2D eigenvalue weighted by atomic mass is 16.6. The molecule has 25 nitrogen and oxygen atoms in total. The number of hydrogen-bond acceptors (Lipinski definition) is 21. The van der Waals surface area contributed by atoms with E-state index in [-0.39, 0.29) is 24.3 Å². The highest BCUT2D eigenvalue weighted by Crippen LogP contribution is 2.44. The van der Waals surface area contributed by atoms with E-state index < -0.39 is 60.6 Å². The number of carboxylic acids is 1. The lowest BCUT2D eigenvalue weighted by Crippen LogP contribution is -2.50. The molecular formula is C81H106N4O21. The molecule has 3 amide bonds. The fourth-order valence-electron chi connectivity index (χ4n) is 13.3. The highest BCUT2D eigenvalue weighted by Gasteiger charge is 2.40. The van der Waals surface area contributed by atoms with Crippen LogP contribution < -0.4 is 62.2 Å². The molecule has 0 aliphatic carbocycles. The highest BCUT2D eigenvalue weighted by molar-refractivity contribution is 5.90. The van der Waals surface area contributed by atoms with Crippen molar-refractivity contribution in [2.45, 2.75) is 133 Å². The van der Waals surface area contributed by atoms with E-state index in [1.807, 2.05) is 82.5 Å². The molecule has 2 unspecified atom stereocenters. The van der Waals surface area contributed by atoms with Crippen molar-refractivity contribution in [1.82, 2.24) is 20.0 Å². The van der Waals surface area contributed by atoms with Crippen LogP contribution in [0.2, 0.25) is 0 Å². The first kappa shape index (κ1) is 83.0. The number of aliphatic carboxylic acids is 1. The van der Waals surface area contributed by atoms with E-state index >= 15 is 0 Å². The number of piperidine rings is 2. The number of methoxy groups -OCH3 is 10. The first-order valence-corrected chi connectivity index (χ1v) is 35.9. The Hall–Kier alpha value is -10.3. The number of carboxylic acid groups (broad SMARTS) is 1. The fraction of sp³-hybridized carbons (Fsp3) is 0.481. The van der Waals surface area contributed by atoms with Crippen molar-refractivity contribution in [3.63, 3.8) is 0 Å². The summed E-state index contributed by atoms with van der Waals surface area (Å²) in [7, 11) is 19.5. The molecule has 2 heterocycles. The van der Waals surface area contributed by atoms with E-state index in [1.54, 1.807) is 92.8 Å². The van der Waals surface area contributed by atoms with Crippen molar-refractivity contribution in [3.8, 4) is 69.0 Å². The number of hydrogen-bond donors (Lipinski definition) is 2. The summed E-state index contributed by atoms with van der Waals surface area (Å²) in [5.41, 5.74) is 4.65. The molecule has 0 bridgehead atoms. The Morgan fingerprint density at radius 2 is 0.868 bits per heavy atom. The zero-order chi connectivity index (χ0) is 76.8. The van der Waals surface area contributed by atoms with Crippen molar-refractivity contribution in [1.29, 1.82) is 0 Å². The number of nitrogens with zero attached hydrogens (tertiary/aromatic N) is 3. The molecular weight excluding hydrogens is 1360 g/mol. The average Bonchev–Trinajstić information content (AvgIpc) is 0.797. The van der Waals surface area contributed by atoms with Gasteiger partial charge in [-0.3, -0.25) is 14.4 Å². The minimum Gasteiger partial charge on any atom is -0.493 e. The molecule has 6 aromatic rings. The van der Waals surface area contributed by atoms with E-state index in [0.717, 1.165) is 49.8 Å². The summed E-state index contributed by atoms with van der Waals surface area (Å²) in [5, 5.41) is 12.0. The van der Waals surface area contributed by atoms with Crippen molar-refractivity contribution in [2.24, 2.45) is 0 Å². The monoisotopic (exact) mass is 1470 g/mol. The van der Waals surface area contributed by atoms with Crippen LogP contribution in [-0.4, -0.2) is 192 Å². The molecule has 576 valence electrons. The van der Waals surface area contributed by atoms with Gasteiger partial charge in [0.15, 0.2) is 59.2 Å². The first-order chi connectivity index (χ1) is 51.2. The maximum Gasteiger partial charge on any atom is 0.341 e. The molecule has 0 radical (unpaired) electrons. The van der Waals surface area contributed by atoms with Crippen LogP contribution in [0.4, 0.5) is 0 Å². The smallest absolute Gasteiger partial charge is 0.341 e. The van der Waals surface area contributed by atoms with Gasteiger partial charge in [-0.05, 0) is 210 Å². The summed E-state index contributed by atoms with van der Waals surface area (Å²) in [6.45, 7) is 5.46. The molecule has 6 atom stereocenters. The predicted molar refractivity (Wildman–Crippen MR) is 398 cm³/mol. The second kappa shape index (κ2) is 42.0. The quantitative estimate of drug-likeness (QED) is 0.0269. The standard InChI is InChI=1S/C43H59N3O10.C38H47NO11/c1-9-33(31-26-38(52-6)41(54-8)39(27-31)53-7)42(48)46-23-11-10-16-34(46)43(49)56-35(19-17-29-18-20-36(50-4)37(24-29)51-5)30-14-12-15-32(25-30)55-28-40(47)44-21-13-22-45(2)3;1-7-28(26-21-33(46-4)36(48-6)34(22-26)47-5)37(42)39-18-9-8-13-29(39)38(43)50-30(25-11-10-12-27(20-25)49-23-35(40)41)16-14-24-15-17-31(44-2)32(19-24)45-3/h12,14-15,18,20,24-27,33-35H,9-11,13,16-17,19,21-23,28H2,1-8H3,(H,44,47);10-12,15,17,19-22,28-30H,7-9,13-14,16,18,23H2,1-6H3,(H,40,41)/t33-,34?,35+;28-,29?,30+/m00/s1. The van der Waals surface area contributed by atoms with Gasteiger partial charge in [-0.2, -0.15) is 0 Å². The summed E-state index contributed by atoms with van der Waals surface area (Å²) in [6.07, 6.45) is 6.29. The molecule has 0 spiro atoms. The molecule has 0 aromatic heterocycles. The van der Waals surface area contributed by atoms with Crippen molar-refractivity contribution >= 4 is 35.6 Å². The van der Waals surface area contributed by atoms with Crippen molar-refractivity contribution in [2.75, 3.05) is 125 Å². The Labute approximate surface area is 622 Å². The van der Waals surface area contributed by atoms with Gasteiger partial charge < -0.3 is 91.4 Å². The van der Waals surface area contributed by atoms with Gasteiger partial charge in [0.05, 0.1) is 82.9 Å². The third-order valence-corrected chi connectivity index (χ3v) is 18.8. The second-order valence-corrected chi connectivity index (χ2v) is 25.9. The Morgan fingerprint density at radius 1 is 0.472 bits per heavy atom. The lowest BCUT2D eigenvalue weighted by atomic mass is 9.91. The Morgan fingerprint density at radius 3 is 1.23 bits per heavy atom. The van der Waals surface area contributed by atoms with Crippen LogP contribution in [-0.2, 0) is 51.1 Å². The van der Waals surface area contributed by atoms with E-state index in [0.29, 0.717) is 162 Å². The zero-order valence-corrected chi connectivity index (χ0v) is 63.7. The summed E-state index contributed by atoms with van der Waals surface area (Å²) in [4.78, 5) is 86.1. The second-order valence-electron chi connectivity index (χ2n) is 25.9. The van der Waals surface area contributed by atoms with Gasteiger partial charge in [0.2, 0.25) is 23.3 Å². The molecule has 25 heteroatoms. The normalized spacial score (nSPS) is 15.2. The van der Waals surface area contributed by atoms with Gasteiger partial charge in [-0.15, -0.1) is 0 Å². The van der Waals surface area contributed by atoms with Crippen molar-refractivity contribution in [3.05, 3.63) is 143 Å². The minimum absolute atomic E-state index is 0.148. The molecule has 0 saturated carbocycles. The van der Waals surface area contributed by atoms with Crippen LogP contribution in [0.15, 0.2) is 109 Å². The Bertz CT molecular complexity index is 3810. The number of likely N-dealkylation sites (tertiary alicyclic amines) is 2. The number of aryl methyl sites for hydroxylation is 2. The van der Waals surface area contributed by atoms with Crippen LogP contribution in [0.1, 0.15) is 142 Å².